The fraction of sp³-hybridized carbons (Fsp3) is 0. The van der Waals surface area contributed by atoms with Crippen molar-refractivity contribution in [3.05, 3.63) is 205 Å². The van der Waals surface area contributed by atoms with Crippen molar-refractivity contribution in [2.75, 3.05) is 10.6 Å². The van der Waals surface area contributed by atoms with Gasteiger partial charge in [0.1, 0.15) is 0 Å². The highest BCUT2D eigenvalue weighted by Gasteiger charge is 2.39. The minimum atomic E-state index is -0.407. The van der Waals surface area contributed by atoms with Gasteiger partial charge in [-0.15, -0.1) is 0 Å². The number of nitrogen functional groups attached to an aromatic ring is 1. The normalized spacial score (nSPS) is 12.7. The first kappa shape index (κ1) is 36.9. The Balaban J connectivity index is 1.27. The van der Waals surface area contributed by atoms with Gasteiger partial charge in [0.25, 0.3) is 11.8 Å². The fourth-order valence-corrected chi connectivity index (χ4v) is 9.31. The molecule has 0 unspecified atom stereocenters. The zero-order chi connectivity index (χ0) is 42.9. The number of aromatic amines is 2. The van der Waals surface area contributed by atoms with Crippen LogP contribution in [-0.2, 0) is 0 Å². The number of amides is 2. The topological polar surface area (TPSA) is 121 Å². The molecule has 12 rings (SSSR count). The lowest BCUT2D eigenvalue weighted by atomic mass is 9.92. The highest BCUT2D eigenvalue weighted by atomic mass is 16.2. The average molecular weight is 825 g/mol. The minimum Gasteiger partial charge on any atom is -0.399 e. The summed E-state index contributed by atoms with van der Waals surface area (Å²) in [5.74, 6) is -0.813. The zero-order valence-corrected chi connectivity index (χ0v) is 34.2. The number of aromatic nitrogens is 4. The summed E-state index contributed by atoms with van der Waals surface area (Å²) in [6, 6.07) is 59.9. The van der Waals surface area contributed by atoms with E-state index >= 15 is 0 Å². The molecule has 0 aliphatic carbocycles. The van der Waals surface area contributed by atoms with Crippen molar-refractivity contribution < 1.29 is 9.59 Å². The number of rotatable bonds is 5. The van der Waals surface area contributed by atoms with Crippen LogP contribution in [0.1, 0.15) is 32.1 Å². The van der Waals surface area contributed by atoms with Gasteiger partial charge < -0.3 is 15.7 Å². The number of hydrogen-bond donors (Lipinski definition) is 3. The Bertz CT molecular complexity index is 3370. The standard InChI is InChI=1S/C56H36N6O2/c57-37-21-23-38(24-22-37)62-55(63)41-31-39-40(32-42(41)56(62)64)54-52(36-19-11-4-12-20-36)48-30-28-46(60-48)50(34-15-7-2-8-16-34)44-26-25-43(58-44)49(33-13-5-1-6-14-33)45-27-29-47(59-45)51(53(39)61-54)35-17-9-3-10-18-35/h1-32,59-60H,57H2. The van der Waals surface area contributed by atoms with E-state index in [1.165, 1.54) is 4.90 Å². The van der Waals surface area contributed by atoms with Crippen LogP contribution in [0.15, 0.2) is 182 Å². The third-order valence-corrected chi connectivity index (χ3v) is 12.2. The third kappa shape index (κ3) is 5.92. The van der Waals surface area contributed by atoms with E-state index in [1.807, 2.05) is 84.9 Å². The zero-order valence-electron chi connectivity index (χ0n) is 34.2. The highest BCUT2D eigenvalue weighted by Crippen LogP contribution is 2.49. The van der Waals surface area contributed by atoms with E-state index in [1.54, 1.807) is 24.3 Å². The Morgan fingerprint density at radius 3 is 1.14 bits per heavy atom. The molecule has 0 saturated heterocycles. The van der Waals surface area contributed by atoms with E-state index in [-0.39, 0.29) is 0 Å². The van der Waals surface area contributed by atoms with Crippen molar-refractivity contribution in [3.8, 4) is 67.0 Å². The van der Waals surface area contributed by atoms with Gasteiger partial charge >= 0.3 is 0 Å². The molecule has 0 fully saturated rings. The second-order valence-corrected chi connectivity index (χ2v) is 16.0. The summed E-state index contributed by atoms with van der Waals surface area (Å²) in [7, 11) is 0. The van der Waals surface area contributed by atoms with Crippen LogP contribution in [0.2, 0.25) is 0 Å². The molecule has 8 heteroatoms. The van der Waals surface area contributed by atoms with Crippen molar-refractivity contribution >= 4 is 57.4 Å². The van der Waals surface area contributed by atoms with E-state index in [9.17, 15) is 9.59 Å². The molecule has 3 aromatic heterocycles. The molecule has 9 aromatic rings. The van der Waals surface area contributed by atoms with Crippen molar-refractivity contribution in [3.63, 3.8) is 0 Å². The first-order valence-corrected chi connectivity index (χ1v) is 21.1. The number of benzene rings is 6. The summed E-state index contributed by atoms with van der Waals surface area (Å²) in [6.07, 6.45) is 4.19. The first-order chi connectivity index (χ1) is 31.5. The summed E-state index contributed by atoms with van der Waals surface area (Å²) >= 11 is 0. The van der Waals surface area contributed by atoms with Gasteiger partial charge in [-0.1, -0.05) is 121 Å². The van der Waals surface area contributed by atoms with E-state index in [2.05, 4.69) is 94.9 Å². The number of imide groups is 1. The van der Waals surface area contributed by atoms with E-state index in [0.29, 0.717) is 33.9 Å². The molecule has 8 nitrogen and oxygen atoms in total. The smallest absolute Gasteiger partial charge is 0.266 e. The number of H-pyrrole nitrogens is 2. The molecular weight excluding hydrogens is 789 g/mol. The minimum absolute atomic E-state index is 0.308. The first-order valence-electron chi connectivity index (χ1n) is 21.1. The van der Waals surface area contributed by atoms with Crippen LogP contribution in [0.5, 0.6) is 0 Å². The molecule has 0 saturated carbocycles. The molecular formula is C56H36N6O2. The van der Waals surface area contributed by atoms with Crippen molar-refractivity contribution in [2.24, 2.45) is 0 Å². The van der Waals surface area contributed by atoms with Crippen molar-refractivity contribution in [1.82, 2.24) is 19.9 Å². The molecule has 64 heavy (non-hydrogen) atoms. The molecule has 0 spiro atoms. The maximum Gasteiger partial charge on any atom is 0.266 e. The van der Waals surface area contributed by atoms with Crippen molar-refractivity contribution in [1.29, 1.82) is 0 Å². The van der Waals surface area contributed by atoms with Crippen LogP contribution < -0.4 is 10.6 Å². The highest BCUT2D eigenvalue weighted by molar-refractivity contribution is 6.35. The summed E-state index contributed by atoms with van der Waals surface area (Å²) < 4.78 is 0. The van der Waals surface area contributed by atoms with Gasteiger partial charge in [0, 0.05) is 61.1 Å². The summed E-state index contributed by atoms with van der Waals surface area (Å²) in [6.45, 7) is 0. The maximum atomic E-state index is 14.4. The number of carbonyl (C=O) groups is 2. The van der Waals surface area contributed by atoms with Gasteiger partial charge in [0.15, 0.2) is 0 Å². The molecule has 8 bridgehead atoms. The molecule has 2 amide bonds. The van der Waals surface area contributed by atoms with Crippen LogP contribution in [0, 0.1) is 0 Å². The lowest BCUT2D eigenvalue weighted by Gasteiger charge is -2.13. The number of nitrogens with two attached hydrogens (primary N) is 1. The molecule has 6 aromatic carbocycles. The quantitative estimate of drug-likeness (QED) is 0.118. The third-order valence-electron chi connectivity index (χ3n) is 12.2. The van der Waals surface area contributed by atoms with Crippen LogP contribution >= 0.6 is 0 Å². The number of hydrogen-bond acceptors (Lipinski definition) is 5. The number of nitrogens with one attached hydrogen (secondary N) is 2. The molecule has 0 atom stereocenters. The summed E-state index contributed by atoms with van der Waals surface area (Å²) in [4.78, 5) is 48.8. The molecule has 3 aliphatic rings. The second-order valence-electron chi connectivity index (χ2n) is 16.0. The molecule has 302 valence electrons. The Hall–Kier alpha value is -8.88. The van der Waals surface area contributed by atoms with Gasteiger partial charge in [0.05, 0.1) is 39.6 Å². The Kier molecular flexibility index (Phi) is 8.45. The van der Waals surface area contributed by atoms with Gasteiger partial charge in [-0.05, 0) is 95.1 Å². The monoisotopic (exact) mass is 824 g/mol. The number of nitrogens with zero attached hydrogens (tertiary/aromatic N) is 3. The van der Waals surface area contributed by atoms with Gasteiger partial charge in [0.2, 0.25) is 0 Å². The largest absolute Gasteiger partial charge is 0.399 e. The number of fused-ring (bicyclic) bond motifs is 12. The van der Waals surface area contributed by atoms with Crippen LogP contribution in [0.4, 0.5) is 11.4 Å². The molecule has 3 aliphatic heterocycles. The average Bonchev–Trinajstić information content (AvgIpc) is 4.20. The van der Waals surface area contributed by atoms with Crippen molar-refractivity contribution in [2.45, 2.75) is 0 Å². The molecule has 0 radical (unpaired) electrons. The predicted octanol–water partition coefficient (Wildman–Crippen LogP) is 12.9. The van der Waals surface area contributed by atoms with Crippen LogP contribution in [-0.4, -0.2) is 31.8 Å². The number of anilines is 2. The van der Waals surface area contributed by atoms with Crippen LogP contribution in [0.25, 0.3) is 101 Å². The molecule has 4 N–H and O–H groups in total. The second kappa shape index (κ2) is 14.6. The Morgan fingerprint density at radius 1 is 0.391 bits per heavy atom. The van der Waals surface area contributed by atoms with E-state index < -0.39 is 11.8 Å². The van der Waals surface area contributed by atoms with Crippen LogP contribution in [0.3, 0.4) is 0 Å². The van der Waals surface area contributed by atoms with Gasteiger partial charge in [-0.3, -0.25) is 9.59 Å². The fourth-order valence-electron chi connectivity index (χ4n) is 9.31. The summed E-state index contributed by atoms with van der Waals surface area (Å²) in [5, 5.41) is 0. The Labute approximate surface area is 367 Å². The lowest BCUT2D eigenvalue weighted by molar-refractivity contribution is 0.0926. The maximum absolute atomic E-state index is 14.4. The lowest BCUT2D eigenvalue weighted by Crippen LogP contribution is -2.29. The van der Waals surface area contributed by atoms with E-state index in [4.69, 9.17) is 15.7 Å². The predicted molar refractivity (Wildman–Crippen MR) is 258 cm³/mol. The van der Waals surface area contributed by atoms with E-state index in [0.717, 1.165) is 89.1 Å². The van der Waals surface area contributed by atoms with Gasteiger partial charge in [-0.2, -0.15) is 0 Å². The van der Waals surface area contributed by atoms with Gasteiger partial charge in [-0.25, -0.2) is 14.9 Å². The number of carbonyl (C=O) groups excluding carboxylic acids is 2. The summed E-state index contributed by atoms with van der Waals surface area (Å²) in [5.41, 5.74) is 22.9. The SMILES string of the molecule is Nc1ccc(N2C(=O)c3cc4c(cc3C2=O)-c2nc-4c(-c3ccccc3)c3ccc([nH]3)c(-c3ccccc3)c3nc(c(-c4ccccc4)c4ccc([nH]4)c2-c2ccccc2)C=C3)cc1. The molecule has 6 heterocycles. The Morgan fingerprint density at radius 2 is 0.750 bits per heavy atom.